The topological polar surface area (TPSA) is 60.5 Å². The van der Waals surface area contributed by atoms with Gasteiger partial charge in [-0.25, -0.2) is 4.79 Å². The summed E-state index contributed by atoms with van der Waals surface area (Å²) in [6.07, 6.45) is 3.46. The number of fused-ring (bicyclic) bond motifs is 1. The molecule has 148 valence electrons. The van der Waals surface area contributed by atoms with Gasteiger partial charge in [0.15, 0.2) is 11.5 Å². The van der Waals surface area contributed by atoms with Crippen LogP contribution >= 0.6 is 0 Å². The van der Waals surface area contributed by atoms with Crippen LogP contribution in [0.4, 0.5) is 4.79 Å². The second-order valence-electron chi connectivity index (χ2n) is 7.70. The molecule has 0 unspecified atom stereocenters. The largest absolute Gasteiger partial charge is 0.496 e. The minimum absolute atomic E-state index is 0.201. The van der Waals surface area contributed by atoms with E-state index < -0.39 is 0 Å². The van der Waals surface area contributed by atoms with E-state index in [0.717, 1.165) is 68.1 Å². The number of likely N-dealkylation sites (tertiary alicyclic amines) is 1. The summed E-state index contributed by atoms with van der Waals surface area (Å²) < 4.78 is 22.9. The fourth-order valence-electron chi connectivity index (χ4n) is 4.22. The van der Waals surface area contributed by atoms with E-state index in [-0.39, 0.29) is 11.7 Å². The van der Waals surface area contributed by atoms with Crippen molar-refractivity contribution in [1.82, 2.24) is 9.80 Å². The molecule has 1 spiro atoms. The van der Waals surface area contributed by atoms with Gasteiger partial charge in [0.05, 0.1) is 26.9 Å². The van der Waals surface area contributed by atoms with Crippen molar-refractivity contribution in [1.29, 1.82) is 0 Å². The van der Waals surface area contributed by atoms with Gasteiger partial charge in [-0.3, -0.25) is 4.90 Å². The Labute approximate surface area is 160 Å². The lowest BCUT2D eigenvalue weighted by molar-refractivity contribution is 0.0443. The molecule has 1 aromatic carbocycles. The van der Waals surface area contributed by atoms with Crippen molar-refractivity contribution in [3.8, 4) is 17.2 Å². The minimum atomic E-state index is -0.324. The molecule has 0 bridgehead atoms. The van der Waals surface area contributed by atoms with Crippen LogP contribution in [-0.4, -0.2) is 68.5 Å². The first-order valence-corrected chi connectivity index (χ1v) is 9.71. The van der Waals surface area contributed by atoms with Crippen LogP contribution in [0.15, 0.2) is 12.1 Å². The number of carbonyl (C=O) groups excluding carboxylic acids is 1. The van der Waals surface area contributed by atoms with Crippen LogP contribution in [0.1, 0.15) is 31.2 Å². The lowest BCUT2D eigenvalue weighted by Crippen LogP contribution is -2.35. The molecule has 0 aromatic heterocycles. The summed E-state index contributed by atoms with van der Waals surface area (Å²) in [7, 11) is 3.50. The highest BCUT2D eigenvalue weighted by Gasteiger charge is 2.44. The highest BCUT2D eigenvalue weighted by atomic mass is 16.6. The molecule has 2 fully saturated rings. The molecule has 0 saturated carbocycles. The van der Waals surface area contributed by atoms with Crippen LogP contribution in [0.5, 0.6) is 17.2 Å². The molecule has 3 aliphatic rings. The summed E-state index contributed by atoms with van der Waals surface area (Å²) in [4.78, 5) is 15.9. The molecule has 7 heteroatoms. The predicted molar refractivity (Wildman–Crippen MR) is 99.6 cm³/mol. The van der Waals surface area contributed by atoms with Gasteiger partial charge >= 0.3 is 6.09 Å². The van der Waals surface area contributed by atoms with Crippen molar-refractivity contribution in [2.45, 2.75) is 37.8 Å². The average Bonchev–Trinajstić information content (AvgIpc) is 2.84. The van der Waals surface area contributed by atoms with Crippen molar-refractivity contribution in [2.24, 2.45) is 0 Å². The van der Waals surface area contributed by atoms with Gasteiger partial charge < -0.3 is 23.8 Å². The van der Waals surface area contributed by atoms with Crippen LogP contribution in [0.3, 0.4) is 0 Å². The van der Waals surface area contributed by atoms with Crippen LogP contribution in [0.25, 0.3) is 0 Å². The predicted octanol–water partition coefficient (Wildman–Crippen LogP) is 2.66. The van der Waals surface area contributed by atoms with Gasteiger partial charge in [0.2, 0.25) is 0 Å². The van der Waals surface area contributed by atoms with Crippen molar-refractivity contribution >= 4 is 6.09 Å². The standard InChI is InChI=1S/C20H28N2O5/c1-21-14-20(27-19(21)23)5-3-7-22(8-6-20)13-15-11-17-18(12-16(15)24-2)26-10-4-9-25-17/h11-12H,3-10,13-14H2,1-2H3/t20-/m0/s1. The highest BCUT2D eigenvalue weighted by Crippen LogP contribution is 2.38. The second kappa shape index (κ2) is 7.46. The summed E-state index contributed by atoms with van der Waals surface area (Å²) in [5.74, 6) is 2.37. The van der Waals surface area contributed by atoms with Gasteiger partial charge in [0.25, 0.3) is 0 Å². The number of likely N-dealkylation sites (N-methyl/N-ethyl adjacent to an activating group) is 1. The smallest absolute Gasteiger partial charge is 0.410 e. The number of hydrogen-bond donors (Lipinski definition) is 0. The zero-order valence-corrected chi connectivity index (χ0v) is 16.2. The number of nitrogens with zero attached hydrogens (tertiary/aromatic N) is 2. The maximum Gasteiger partial charge on any atom is 0.410 e. The van der Waals surface area contributed by atoms with Crippen LogP contribution in [-0.2, 0) is 11.3 Å². The highest BCUT2D eigenvalue weighted by molar-refractivity contribution is 5.70. The van der Waals surface area contributed by atoms with Crippen molar-refractivity contribution in [2.75, 3.05) is 47.0 Å². The number of hydrogen-bond acceptors (Lipinski definition) is 6. The van der Waals surface area contributed by atoms with Gasteiger partial charge in [0, 0.05) is 44.6 Å². The van der Waals surface area contributed by atoms with E-state index >= 15 is 0 Å². The Kier molecular flexibility index (Phi) is 5.04. The Morgan fingerprint density at radius 1 is 1.11 bits per heavy atom. The number of benzene rings is 1. The summed E-state index contributed by atoms with van der Waals surface area (Å²) in [6, 6.07) is 3.98. The number of ether oxygens (including phenoxy) is 4. The van der Waals surface area contributed by atoms with Crippen molar-refractivity contribution in [3.63, 3.8) is 0 Å². The molecule has 1 amide bonds. The van der Waals surface area contributed by atoms with E-state index in [1.54, 1.807) is 12.0 Å². The number of amides is 1. The number of methoxy groups -OCH3 is 1. The summed E-state index contributed by atoms with van der Waals surface area (Å²) in [6.45, 7) is 4.66. The van der Waals surface area contributed by atoms with Crippen molar-refractivity contribution in [3.05, 3.63) is 17.7 Å². The minimum Gasteiger partial charge on any atom is -0.496 e. The quantitative estimate of drug-likeness (QED) is 0.808. The first-order chi connectivity index (χ1) is 13.1. The fourth-order valence-corrected chi connectivity index (χ4v) is 4.22. The van der Waals surface area contributed by atoms with Crippen molar-refractivity contribution < 1.29 is 23.7 Å². The van der Waals surface area contributed by atoms with Crippen LogP contribution in [0.2, 0.25) is 0 Å². The molecular formula is C20H28N2O5. The molecule has 0 N–H and O–H groups in total. The van der Waals surface area contributed by atoms with Gasteiger partial charge in [-0.1, -0.05) is 0 Å². The molecule has 2 saturated heterocycles. The molecule has 0 aliphatic carbocycles. The van der Waals surface area contributed by atoms with Gasteiger partial charge in [0.1, 0.15) is 11.4 Å². The SMILES string of the molecule is COc1cc2c(cc1CN1CCC[C@]3(CC1)CN(C)C(=O)O3)OCCCO2. The van der Waals surface area contributed by atoms with Gasteiger partial charge in [-0.15, -0.1) is 0 Å². The van der Waals surface area contributed by atoms with E-state index in [4.69, 9.17) is 18.9 Å². The molecule has 0 radical (unpaired) electrons. The normalized spacial score (nSPS) is 25.9. The Balaban J connectivity index is 1.47. The average molecular weight is 376 g/mol. The zero-order chi connectivity index (χ0) is 18.9. The van der Waals surface area contributed by atoms with E-state index in [2.05, 4.69) is 4.90 Å². The third-order valence-corrected chi connectivity index (χ3v) is 5.68. The Morgan fingerprint density at radius 3 is 2.59 bits per heavy atom. The maximum absolute atomic E-state index is 11.8. The Hall–Kier alpha value is -2.15. The lowest BCUT2D eigenvalue weighted by atomic mass is 9.95. The number of rotatable bonds is 3. The van der Waals surface area contributed by atoms with E-state index in [0.29, 0.717) is 19.8 Å². The second-order valence-corrected chi connectivity index (χ2v) is 7.70. The molecule has 3 aliphatic heterocycles. The number of carbonyl (C=O) groups is 1. The van der Waals surface area contributed by atoms with Crippen LogP contribution < -0.4 is 14.2 Å². The fraction of sp³-hybridized carbons (Fsp3) is 0.650. The molecule has 1 aromatic rings. The Bertz CT molecular complexity index is 710. The van der Waals surface area contributed by atoms with E-state index in [1.807, 2.05) is 19.2 Å². The van der Waals surface area contributed by atoms with Gasteiger partial charge in [-0.05, 0) is 25.5 Å². The monoisotopic (exact) mass is 376 g/mol. The van der Waals surface area contributed by atoms with Gasteiger partial charge in [-0.2, -0.15) is 0 Å². The van der Waals surface area contributed by atoms with E-state index in [9.17, 15) is 4.79 Å². The first kappa shape index (κ1) is 18.2. The zero-order valence-electron chi connectivity index (χ0n) is 16.2. The molecule has 7 nitrogen and oxygen atoms in total. The summed E-state index contributed by atoms with van der Waals surface area (Å²) in [5, 5.41) is 0. The summed E-state index contributed by atoms with van der Waals surface area (Å²) in [5.41, 5.74) is 0.772. The molecule has 3 heterocycles. The Morgan fingerprint density at radius 2 is 1.89 bits per heavy atom. The third kappa shape index (κ3) is 3.78. The maximum atomic E-state index is 11.8. The molecule has 4 rings (SSSR count). The third-order valence-electron chi connectivity index (χ3n) is 5.68. The first-order valence-electron chi connectivity index (χ1n) is 9.71. The molecule has 27 heavy (non-hydrogen) atoms. The van der Waals surface area contributed by atoms with E-state index in [1.165, 1.54) is 0 Å². The lowest BCUT2D eigenvalue weighted by Gasteiger charge is -2.25. The summed E-state index contributed by atoms with van der Waals surface area (Å²) >= 11 is 0. The molecular weight excluding hydrogens is 348 g/mol. The molecule has 1 atom stereocenters. The van der Waals surface area contributed by atoms with Crippen LogP contribution in [0, 0.1) is 0 Å².